The fourth-order valence-electron chi connectivity index (χ4n) is 1.69. The Morgan fingerprint density at radius 1 is 1.00 bits per heavy atom. The number of carboxylic acid groups (broad SMARTS) is 1. The summed E-state index contributed by atoms with van der Waals surface area (Å²) >= 11 is 0. The van der Waals surface area contributed by atoms with E-state index >= 15 is 0 Å². The summed E-state index contributed by atoms with van der Waals surface area (Å²) in [6.45, 7) is -0.259. The molecule has 23 heavy (non-hydrogen) atoms. The van der Waals surface area contributed by atoms with Crippen molar-refractivity contribution in [3.8, 4) is 0 Å². The summed E-state index contributed by atoms with van der Waals surface area (Å²) in [7, 11) is 1.60. The van der Waals surface area contributed by atoms with Gasteiger partial charge in [0.25, 0.3) is 0 Å². The van der Waals surface area contributed by atoms with E-state index in [-0.39, 0.29) is 19.0 Å². The van der Waals surface area contributed by atoms with Gasteiger partial charge in [-0.1, -0.05) is 0 Å². The van der Waals surface area contributed by atoms with Crippen LogP contribution < -0.4 is 27.0 Å². The van der Waals surface area contributed by atoms with Gasteiger partial charge in [0.1, 0.15) is 12.6 Å². The van der Waals surface area contributed by atoms with Crippen LogP contribution in [0.4, 0.5) is 0 Å². The second-order valence-electron chi connectivity index (χ2n) is 4.82. The summed E-state index contributed by atoms with van der Waals surface area (Å²) in [5.74, 6) is -2.64. The second kappa shape index (κ2) is 12.4. The first-order valence-corrected chi connectivity index (χ1v) is 7.31. The van der Waals surface area contributed by atoms with Crippen molar-refractivity contribution >= 4 is 23.7 Å². The van der Waals surface area contributed by atoms with Gasteiger partial charge in [-0.25, -0.2) is 0 Å². The molecule has 0 radical (unpaired) electrons. The molecule has 0 aromatic carbocycles. The van der Waals surface area contributed by atoms with E-state index in [0.29, 0.717) is 25.8 Å². The van der Waals surface area contributed by atoms with Gasteiger partial charge >= 0.3 is 5.97 Å². The normalized spacial score (nSPS) is 11.4. The number of carbonyl (C=O) groups excluding carboxylic acids is 3. The number of unbranched alkanes of at least 4 members (excludes halogenated alkanes) is 1. The van der Waals surface area contributed by atoms with E-state index in [4.69, 9.17) is 10.8 Å². The summed E-state index contributed by atoms with van der Waals surface area (Å²) in [6.07, 6.45) is 1.62. The van der Waals surface area contributed by atoms with Crippen molar-refractivity contribution in [2.45, 2.75) is 25.3 Å². The lowest BCUT2D eigenvalue weighted by atomic mass is 10.1. The molecule has 0 aromatic rings. The number of hydrogen-bond donors (Lipinski definition) is 6. The Hall–Kier alpha value is -2.20. The minimum atomic E-state index is -1.18. The van der Waals surface area contributed by atoms with Gasteiger partial charge in [-0.2, -0.15) is 0 Å². The standard InChI is InChI=1S/C13H25N5O5/c1-15-6-10(19)16-7-11(20)18-9(4-2-3-5-14)13(23)17-8-12(21)22/h9,15H,2-8,14H2,1H3,(H,16,19)(H,17,23)(H,18,20)(H,21,22). The molecule has 0 spiro atoms. The fraction of sp³-hybridized carbons (Fsp3) is 0.692. The van der Waals surface area contributed by atoms with Crippen LogP contribution >= 0.6 is 0 Å². The third kappa shape index (κ3) is 11.1. The Bertz CT molecular complexity index is 416. The molecule has 0 saturated carbocycles. The van der Waals surface area contributed by atoms with Gasteiger partial charge in [0.2, 0.25) is 17.7 Å². The van der Waals surface area contributed by atoms with Crippen molar-refractivity contribution in [2.24, 2.45) is 5.73 Å². The number of amides is 3. The Labute approximate surface area is 134 Å². The Morgan fingerprint density at radius 2 is 1.70 bits per heavy atom. The van der Waals surface area contributed by atoms with Crippen molar-refractivity contribution in [3.63, 3.8) is 0 Å². The average molecular weight is 331 g/mol. The van der Waals surface area contributed by atoms with Crippen molar-refractivity contribution in [2.75, 3.05) is 33.2 Å². The van der Waals surface area contributed by atoms with Gasteiger partial charge in [0.05, 0.1) is 13.1 Å². The molecule has 0 bridgehead atoms. The number of likely N-dealkylation sites (N-methyl/N-ethyl adjacent to an activating group) is 1. The van der Waals surface area contributed by atoms with Gasteiger partial charge in [-0.05, 0) is 32.9 Å². The fourth-order valence-corrected chi connectivity index (χ4v) is 1.69. The molecule has 7 N–H and O–H groups in total. The molecule has 0 saturated heterocycles. The van der Waals surface area contributed by atoms with Gasteiger partial charge in [-0.15, -0.1) is 0 Å². The van der Waals surface area contributed by atoms with Crippen molar-refractivity contribution in [3.05, 3.63) is 0 Å². The topological polar surface area (TPSA) is 163 Å². The number of carbonyl (C=O) groups is 4. The molecule has 1 unspecified atom stereocenters. The molecule has 0 heterocycles. The molecule has 1 atom stereocenters. The lowest BCUT2D eigenvalue weighted by Gasteiger charge is -2.18. The zero-order valence-corrected chi connectivity index (χ0v) is 13.2. The van der Waals surface area contributed by atoms with Crippen molar-refractivity contribution in [1.29, 1.82) is 0 Å². The first kappa shape index (κ1) is 20.8. The van der Waals surface area contributed by atoms with E-state index in [1.807, 2.05) is 0 Å². The van der Waals surface area contributed by atoms with Crippen LogP contribution in [0.25, 0.3) is 0 Å². The molecule has 0 fully saturated rings. The zero-order valence-electron chi connectivity index (χ0n) is 13.2. The second-order valence-corrected chi connectivity index (χ2v) is 4.82. The number of nitrogens with two attached hydrogens (primary N) is 1. The predicted octanol–water partition coefficient (Wildman–Crippen LogP) is -2.86. The Balaban J connectivity index is 4.42. The summed E-state index contributed by atoms with van der Waals surface area (Å²) < 4.78 is 0. The van der Waals surface area contributed by atoms with Gasteiger partial charge in [0, 0.05) is 0 Å². The number of rotatable bonds is 12. The van der Waals surface area contributed by atoms with E-state index in [1.54, 1.807) is 7.05 Å². The summed E-state index contributed by atoms with van der Waals surface area (Å²) in [6, 6.07) is -0.866. The Kier molecular flexibility index (Phi) is 11.2. The molecule has 0 aliphatic rings. The highest BCUT2D eigenvalue weighted by atomic mass is 16.4. The molecular weight excluding hydrogens is 306 g/mol. The monoisotopic (exact) mass is 331 g/mol. The van der Waals surface area contributed by atoms with E-state index in [2.05, 4.69) is 21.3 Å². The predicted molar refractivity (Wildman–Crippen MR) is 82.4 cm³/mol. The third-order valence-electron chi connectivity index (χ3n) is 2.80. The van der Waals surface area contributed by atoms with Crippen LogP contribution in [0.3, 0.4) is 0 Å². The zero-order chi connectivity index (χ0) is 17.7. The van der Waals surface area contributed by atoms with E-state index in [9.17, 15) is 19.2 Å². The van der Waals surface area contributed by atoms with Crippen molar-refractivity contribution < 1.29 is 24.3 Å². The molecular formula is C13H25N5O5. The van der Waals surface area contributed by atoms with E-state index < -0.39 is 30.4 Å². The summed E-state index contributed by atoms with van der Waals surface area (Å²) in [4.78, 5) is 45.4. The van der Waals surface area contributed by atoms with E-state index in [0.717, 1.165) is 0 Å². The molecule has 0 aromatic heterocycles. The van der Waals surface area contributed by atoms with Crippen molar-refractivity contribution in [1.82, 2.24) is 21.3 Å². The number of nitrogens with one attached hydrogen (secondary N) is 4. The Morgan fingerprint density at radius 3 is 2.26 bits per heavy atom. The third-order valence-corrected chi connectivity index (χ3v) is 2.80. The number of carboxylic acids is 1. The highest BCUT2D eigenvalue weighted by Crippen LogP contribution is 2.00. The highest BCUT2D eigenvalue weighted by molar-refractivity contribution is 5.91. The van der Waals surface area contributed by atoms with Crippen LogP contribution in [0.1, 0.15) is 19.3 Å². The largest absolute Gasteiger partial charge is 0.480 e. The molecule has 0 aliphatic heterocycles. The molecule has 132 valence electrons. The van der Waals surface area contributed by atoms with Gasteiger partial charge in [0.15, 0.2) is 0 Å². The van der Waals surface area contributed by atoms with Crippen LogP contribution in [0.15, 0.2) is 0 Å². The molecule has 0 rings (SSSR count). The lowest BCUT2D eigenvalue weighted by molar-refractivity contribution is -0.138. The smallest absolute Gasteiger partial charge is 0.322 e. The maximum atomic E-state index is 11.9. The maximum Gasteiger partial charge on any atom is 0.322 e. The van der Waals surface area contributed by atoms with E-state index in [1.165, 1.54) is 0 Å². The van der Waals surface area contributed by atoms with Crippen LogP contribution in [0, 0.1) is 0 Å². The SMILES string of the molecule is CNCC(=O)NCC(=O)NC(CCCCN)C(=O)NCC(=O)O. The van der Waals surface area contributed by atoms with Gasteiger partial charge < -0.3 is 32.1 Å². The quantitative estimate of drug-likeness (QED) is 0.209. The van der Waals surface area contributed by atoms with Crippen LogP contribution in [0.5, 0.6) is 0 Å². The van der Waals surface area contributed by atoms with Gasteiger partial charge in [-0.3, -0.25) is 19.2 Å². The van der Waals surface area contributed by atoms with Crippen LogP contribution in [-0.2, 0) is 19.2 Å². The molecule has 3 amide bonds. The summed E-state index contributed by atoms with van der Waals surface area (Å²) in [5, 5.41) is 18.3. The number of hydrogen-bond acceptors (Lipinski definition) is 6. The average Bonchev–Trinajstić information content (AvgIpc) is 2.50. The minimum Gasteiger partial charge on any atom is -0.480 e. The lowest BCUT2D eigenvalue weighted by Crippen LogP contribution is -2.50. The first-order valence-electron chi connectivity index (χ1n) is 7.31. The molecule has 10 nitrogen and oxygen atoms in total. The van der Waals surface area contributed by atoms with Crippen LogP contribution in [0.2, 0.25) is 0 Å². The first-order chi connectivity index (χ1) is 10.9. The minimum absolute atomic E-state index is 0.0757. The summed E-state index contributed by atoms with van der Waals surface area (Å²) in [5.41, 5.74) is 5.38. The van der Waals surface area contributed by atoms with Crippen LogP contribution in [-0.4, -0.2) is 68.1 Å². The molecule has 10 heteroatoms. The maximum absolute atomic E-state index is 11.9. The highest BCUT2D eigenvalue weighted by Gasteiger charge is 2.20. The molecule has 0 aliphatic carbocycles. The number of aliphatic carboxylic acids is 1.